The van der Waals surface area contributed by atoms with Crippen LogP contribution in [-0.2, 0) is 16.2 Å². The number of carbonyl (C=O) groups is 1. The van der Waals surface area contributed by atoms with Crippen molar-refractivity contribution >= 4 is 5.78 Å². The summed E-state index contributed by atoms with van der Waals surface area (Å²) in [5, 5.41) is 0. The molecule has 6 aromatic rings. The van der Waals surface area contributed by atoms with Crippen LogP contribution in [0.1, 0.15) is 102 Å². The molecule has 3 aliphatic rings. The van der Waals surface area contributed by atoms with E-state index in [0.717, 1.165) is 11.1 Å². The Bertz CT molecular complexity index is 2450. The second-order valence-electron chi connectivity index (χ2n) is 16.2. The lowest BCUT2D eigenvalue weighted by molar-refractivity contribution is 0.103. The summed E-state index contributed by atoms with van der Waals surface area (Å²) >= 11 is 0. The zero-order valence-corrected chi connectivity index (χ0v) is 29.8. The van der Waals surface area contributed by atoms with Gasteiger partial charge in [-0.05, 0) is 133 Å². The van der Waals surface area contributed by atoms with Gasteiger partial charge in [-0.3, -0.25) is 4.79 Å². The molecule has 0 N–H and O–H groups in total. The van der Waals surface area contributed by atoms with Crippen molar-refractivity contribution in [3.63, 3.8) is 0 Å². The van der Waals surface area contributed by atoms with Crippen LogP contribution in [0.5, 0.6) is 0 Å². The van der Waals surface area contributed by atoms with E-state index < -0.39 is 0 Å². The maximum absolute atomic E-state index is 14.3. The summed E-state index contributed by atoms with van der Waals surface area (Å²) in [6, 6.07) is 39.9. The molecule has 0 radical (unpaired) electrons. The largest absolute Gasteiger partial charge is 0.289 e. The molecule has 0 saturated carbocycles. The monoisotopic (exact) mass is 634 g/mol. The van der Waals surface area contributed by atoms with Crippen LogP contribution in [0.15, 0.2) is 109 Å². The van der Waals surface area contributed by atoms with Crippen LogP contribution in [0.25, 0.3) is 44.5 Å². The third-order valence-electron chi connectivity index (χ3n) is 12.4. The quantitative estimate of drug-likeness (QED) is 0.177. The molecule has 0 atom stereocenters. The lowest BCUT2D eigenvalue weighted by Crippen LogP contribution is -2.17. The van der Waals surface area contributed by atoms with Crippen LogP contribution in [0.3, 0.4) is 0 Å². The van der Waals surface area contributed by atoms with E-state index >= 15 is 0 Å². The van der Waals surface area contributed by atoms with Crippen LogP contribution >= 0.6 is 0 Å². The van der Waals surface area contributed by atoms with E-state index in [-0.39, 0.29) is 22.0 Å². The second-order valence-corrected chi connectivity index (χ2v) is 16.2. The van der Waals surface area contributed by atoms with Crippen molar-refractivity contribution in [2.24, 2.45) is 0 Å². The molecule has 0 spiro atoms. The molecule has 0 aromatic heterocycles. The maximum atomic E-state index is 14.3. The summed E-state index contributed by atoms with van der Waals surface area (Å²) in [4.78, 5) is 14.3. The highest BCUT2D eigenvalue weighted by atomic mass is 16.1. The molecule has 0 bridgehead atoms. The van der Waals surface area contributed by atoms with Crippen molar-refractivity contribution in [3.05, 3.63) is 165 Å². The Balaban J connectivity index is 1.09. The van der Waals surface area contributed by atoms with Gasteiger partial charge in [0.25, 0.3) is 0 Å². The van der Waals surface area contributed by atoms with E-state index in [1.54, 1.807) is 0 Å². The van der Waals surface area contributed by atoms with Crippen molar-refractivity contribution < 1.29 is 4.79 Å². The molecule has 0 aliphatic heterocycles. The van der Waals surface area contributed by atoms with Gasteiger partial charge >= 0.3 is 0 Å². The lowest BCUT2D eigenvalue weighted by atomic mass is 9.79. The minimum absolute atomic E-state index is 0.0501. The average molecular weight is 635 g/mol. The summed E-state index contributed by atoms with van der Waals surface area (Å²) < 4.78 is 0. The molecule has 3 aliphatic carbocycles. The highest BCUT2D eigenvalue weighted by molar-refractivity contribution is 6.10. The number of rotatable bonds is 3. The number of hydrogen-bond donors (Lipinski definition) is 0. The molecule has 0 unspecified atom stereocenters. The molecule has 49 heavy (non-hydrogen) atoms. The first-order valence-corrected chi connectivity index (χ1v) is 17.6. The van der Waals surface area contributed by atoms with Gasteiger partial charge in [0, 0.05) is 27.4 Å². The molecular weight excluding hydrogens is 593 g/mol. The first-order chi connectivity index (χ1) is 23.3. The zero-order chi connectivity index (χ0) is 34.2. The summed E-state index contributed by atoms with van der Waals surface area (Å²) in [5.74, 6) is 0.0819. The summed E-state index contributed by atoms with van der Waals surface area (Å²) in [5.41, 5.74) is 21.8. The van der Waals surface area contributed by atoms with Crippen LogP contribution < -0.4 is 0 Å². The summed E-state index contributed by atoms with van der Waals surface area (Å²) in [6.07, 6.45) is 0. The van der Waals surface area contributed by atoms with Gasteiger partial charge < -0.3 is 0 Å². The Labute approximate surface area is 290 Å². The predicted octanol–water partition coefficient (Wildman–Crippen LogP) is 12.1. The van der Waals surface area contributed by atoms with E-state index in [1.807, 2.05) is 12.1 Å². The van der Waals surface area contributed by atoms with Crippen LogP contribution in [-0.4, -0.2) is 5.78 Å². The average Bonchev–Trinajstić information content (AvgIpc) is 3.55. The van der Waals surface area contributed by atoms with Crippen LogP contribution in [0.2, 0.25) is 0 Å². The van der Waals surface area contributed by atoms with Crippen LogP contribution in [0.4, 0.5) is 0 Å². The fraction of sp³-hybridized carbons (Fsp3) is 0.229. The highest BCUT2D eigenvalue weighted by Crippen LogP contribution is 2.56. The van der Waals surface area contributed by atoms with Gasteiger partial charge in [0.2, 0.25) is 0 Å². The van der Waals surface area contributed by atoms with Gasteiger partial charge in [0.15, 0.2) is 5.78 Å². The number of ketones is 1. The lowest BCUT2D eigenvalue weighted by Gasteiger charge is -2.24. The Morgan fingerprint density at radius 2 is 0.776 bits per heavy atom. The fourth-order valence-electron chi connectivity index (χ4n) is 9.43. The Morgan fingerprint density at radius 3 is 1.33 bits per heavy atom. The number of benzene rings is 6. The number of carbonyl (C=O) groups excluding carboxylic acids is 1. The topological polar surface area (TPSA) is 17.1 Å². The molecule has 0 amide bonds. The molecule has 240 valence electrons. The van der Waals surface area contributed by atoms with Crippen molar-refractivity contribution in [2.45, 2.75) is 71.6 Å². The van der Waals surface area contributed by atoms with E-state index in [9.17, 15) is 4.79 Å². The fourth-order valence-corrected chi connectivity index (χ4v) is 9.43. The normalized spacial score (nSPS) is 16.3. The minimum Gasteiger partial charge on any atom is -0.289 e. The van der Waals surface area contributed by atoms with E-state index in [2.05, 4.69) is 152 Å². The van der Waals surface area contributed by atoms with Gasteiger partial charge in [-0.25, -0.2) is 0 Å². The maximum Gasteiger partial charge on any atom is 0.193 e. The van der Waals surface area contributed by atoms with Crippen molar-refractivity contribution in [2.75, 3.05) is 0 Å². The third kappa shape index (κ3) is 3.96. The molecule has 0 saturated heterocycles. The minimum atomic E-state index is -0.222. The van der Waals surface area contributed by atoms with Gasteiger partial charge in [0.05, 0.1) is 0 Å². The van der Waals surface area contributed by atoms with Gasteiger partial charge in [-0.15, -0.1) is 0 Å². The number of aryl methyl sites for hydroxylation is 2. The Morgan fingerprint density at radius 1 is 0.367 bits per heavy atom. The van der Waals surface area contributed by atoms with Gasteiger partial charge in [-0.1, -0.05) is 120 Å². The molecular formula is C48H42O. The molecule has 9 rings (SSSR count). The first kappa shape index (κ1) is 30.1. The standard InChI is InChI=1S/C48H42O/c1-27-13-9-10-14-31(27)35-24-42-36(21-28(35)2)33-19-17-29(22-40(33)47(42,5)6)45(49)30-18-20-34-38-26-43-37(25-44(38)48(7,8)41(34)23-30)32-15-11-12-16-39(32)46(43,3)4/h9-26H,1-8H3. The highest BCUT2D eigenvalue weighted by Gasteiger charge is 2.42. The zero-order valence-electron chi connectivity index (χ0n) is 29.8. The van der Waals surface area contributed by atoms with Crippen molar-refractivity contribution in [1.82, 2.24) is 0 Å². The van der Waals surface area contributed by atoms with E-state index in [1.165, 1.54) is 89.0 Å². The summed E-state index contributed by atoms with van der Waals surface area (Å²) in [7, 11) is 0. The molecule has 6 aromatic carbocycles. The predicted molar refractivity (Wildman–Crippen MR) is 204 cm³/mol. The van der Waals surface area contributed by atoms with E-state index in [0.29, 0.717) is 0 Å². The second kappa shape index (κ2) is 9.79. The first-order valence-electron chi connectivity index (χ1n) is 17.6. The molecule has 1 heteroatoms. The van der Waals surface area contributed by atoms with Crippen LogP contribution in [0, 0.1) is 13.8 Å². The number of hydrogen-bond acceptors (Lipinski definition) is 1. The SMILES string of the molecule is Cc1ccccc1-c1cc2c(cc1C)-c1ccc(C(=O)c3ccc4c(c3)C(C)(C)c3cc5c(cc3-4)C(C)(C)c3ccccc3-5)cc1C2(C)C. The molecule has 1 nitrogen and oxygen atoms in total. The third-order valence-corrected chi connectivity index (χ3v) is 12.4. The molecule has 0 heterocycles. The number of fused-ring (bicyclic) bond motifs is 9. The van der Waals surface area contributed by atoms with Gasteiger partial charge in [-0.2, -0.15) is 0 Å². The molecule has 0 fully saturated rings. The Kier molecular flexibility index (Phi) is 6.01. The van der Waals surface area contributed by atoms with E-state index in [4.69, 9.17) is 0 Å². The summed E-state index contributed by atoms with van der Waals surface area (Å²) in [6.45, 7) is 18.3. The van der Waals surface area contributed by atoms with Gasteiger partial charge in [0.1, 0.15) is 0 Å². The Hall–Kier alpha value is -5.01. The smallest absolute Gasteiger partial charge is 0.193 e. The van der Waals surface area contributed by atoms with Crippen molar-refractivity contribution in [3.8, 4) is 44.5 Å². The van der Waals surface area contributed by atoms with Crippen molar-refractivity contribution in [1.29, 1.82) is 0 Å².